The van der Waals surface area contributed by atoms with E-state index in [4.69, 9.17) is 13.7 Å². The molecule has 0 radical (unpaired) electrons. The summed E-state index contributed by atoms with van der Waals surface area (Å²) in [6, 6.07) is 11.1. The summed E-state index contributed by atoms with van der Waals surface area (Å²) >= 11 is 0. The zero-order chi connectivity index (χ0) is 20.5. The standard InChI is InChI=1S/C21H21N5O4/c1-28-14-4-2-13(3-5-14)20-24-21(30-25-20)19-8-17-18(23-12-22-17)10-26(19)9-15-6-7-16(11-27)29-15/h2-7,12,19,27H,8-11H2,1H3,(H,22,23). The van der Waals surface area contributed by atoms with Gasteiger partial charge >= 0.3 is 0 Å². The summed E-state index contributed by atoms with van der Waals surface area (Å²) in [4.78, 5) is 14.5. The lowest BCUT2D eigenvalue weighted by Crippen LogP contribution is -2.34. The summed E-state index contributed by atoms with van der Waals surface area (Å²) in [7, 11) is 1.63. The molecule has 5 rings (SSSR count). The maximum Gasteiger partial charge on any atom is 0.244 e. The van der Waals surface area contributed by atoms with Crippen LogP contribution >= 0.6 is 0 Å². The molecule has 0 amide bonds. The fourth-order valence-corrected chi connectivity index (χ4v) is 3.72. The topological polar surface area (TPSA) is 113 Å². The van der Waals surface area contributed by atoms with E-state index < -0.39 is 0 Å². The van der Waals surface area contributed by atoms with Gasteiger partial charge in [0.1, 0.15) is 23.9 Å². The largest absolute Gasteiger partial charge is 0.497 e. The molecule has 4 aromatic rings. The van der Waals surface area contributed by atoms with Gasteiger partial charge in [0.25, 0.3) is 0 Å². The first-order valence-electron chi connectivity index (χ1n) is 9.65. The number of aromatic nitrogens is 4. The molecule has 3 aromatic heterocycles. The van der Waals surface area contributed by atoms with Crippen LogP contribution < -0.4 is 4.74 Å². The van der Waals surface area contributed by atoms with Gasteiger partial charge in [-0.1, -0.05) is 5.16 Å². The van der Waals surface area contributed by atoms with Gasteiger partial charge in [0, 0.05) is 18.5 Å². The van der Waals surface area contributed by atoms with Gasteiger partial charge in [-0.25, -0.2) is 4.98 Å². The smallest absolute Gasteiger partial charge is 0.244 e. The summed E-state index contributed by atoms with van der Waals surface area (Å²) in [5.41, 5.74) is 2.92. The van der Waals surface area contributed by atoms with Crippen molar-refractivity contribution in [1.29, 1.82) is 0 Å². The van der Waals surface area contributed by atoms with Gasteiger partial charge in [0.15, 0.2) is 0 Å². The SMILES string of the molecule is COc1ccc(-c2noc(C3Cc4nc[nH]c4CN3Cc3ccc(CO)o3)n2)cc1. The second-order valence-electron chi connectivity index (χ2n) is 7.16. The lowest BCUT2D eigenvalue weighted by Gasteiger charge is -2.31. The Hall–Kier alpha value is -3.43. The number of aromatic amines is 1. The molecule has 9 heteroatoms. The molecule has 0 bridgehead atoms. The molecule has 1 atom stereocenters. The molecule has 0 saturated carbocycles. The first kappa shape index (κ1) is 18.6. The number of hydrogen-bond acceptors (Lipinski definition) is 8. The molecule has 4 heterocycles. The number of fused-ring (bicyclic) bond motifs is 1. The Morgan fingerprint density at radius 1 is 1.20 bits per heavy atom. The van der Waals surface area contributed by atoms with Crippen LogP contribution in [0.5, 0.6) is 5.75 Å². The van der Waals surface area contributed by atoms with Crippen LogP contribution in [0.15, 0.2) is 51.7 Å². The van der Waals surface area contributed by atoms with E-state index in [1.807, 2.05) is 30.3 Å². The number of methoxy groups -OCH3 is 1. The van der Waals surface area contributed by atoms with Gasteiger partial charge in [-0.15, -0.1) is 0 Å². The van der Waals surface area contributed by atoms with Crippen LogP contribution in [0.1, 0.15) is 34.8 Å². The minimum Gasteiger partial charge on any atom is -0.497 e. The van der Waals surface area contributed by atoms with Crippen LogP contribution in [-0.4, -0.2) is 37.2 Å². The van der Waals surface area contributed by atoms with Crippen molar-refractivity contribution in [2.75, 3.05) is 7.11 Å². The Labute approximate surface area is 172 Å². The molecule has 2 N–H and O–H groups in total. The van der Waals surface area contributed by atoms with Gasteiger partial charge < -0.3 is 23.8 Å². The van der Waals surface area contributed by atoms with Crippen LogP contribution in [0.4, 0.5) is 0 Å². The molecule has 1 unspecified atom stereocenters. The highest BCUT2D eigenvalue weighted by Gasteiger charge is 2.33. The van der Waals surface area contributed by atoms with Gasteiger partial charge in [-0.3, -0.25) is 4.90 Å². The molecular weight excluding hydrogens is 386 g/mol. The highest BCUT2D eigenvalue weighted by Crippen LogP contribution is 2.33. The molecule has 0 fully saturated rings. The number of nitrogens with zero attached hydrogens (tertiary/aromatic N) is 4. The van der Waals surface area contributed by atoms with E-state index in [2.05, 4.69) is 25.0 Å². The van der Waals surface area contributed by atoms with Crippen molar-refractivity contribution < 1.29 is 18.8 Å². The maximum atomic E-state index is 9.27. The molecule has 1 aliphatic heterocycles. The van der Waals surface area contributed by atoms with Gasteiger partial charge in [-0.2, -0.15) is 4.98 Å². The number of rotatable bonds is 6. The zero-order valence-electron chi connectivity index (χ0n) is 16.4. The highest BCUT2D eigenvalue weighted by molar-refractivity contribution is 5.55. The number of aliphatic hydroxyl groups excluding tert-OH is 1. The van der Waals surface area contributed by atoms with Gasteiger partial charge in [-0.05, 0) is 36.4 Å². The van der Waals surface area contributed by atoms with Crippen LogP contribution in [0.3, 0.4) is 0 Å². The van der Waals surface area contributed by atoms with E-state index in [1.165, 1.54) is 0 Å². The van der Waals surface area contributed by atoms with Gasteiger partial charge in [0.2, 0.25) is 11.7 Å². The van der Waals surface area contributed by atoms with Crippen LogP contribution in [0, 0.1) is 0 Å². The number of aliphatic hydroxyl groups is 1. The third kappa shape index (κ3) is 3.49. The van der Waals surface area contributed by atoms with Gasteiger partial charge in [0.05, 0.1) is 37.4 Å². The summed E-state index contributed by atoms with van der Waals surface area (Å²) in [6.07, 6.45) is 2.36. The molecule has 154 valence electrons. The van der Waals surface area contributed by atoms with E-state index in [0.717, 1.165) is 28.5 Å². The fourth-order valence-electron chi connectivity index (χ4n) is 3.72. The molecule has 0 aliphatic carbocycles. The van der Waals surface area contributed by atoms with Crippen LogP contribution in [0.2, 0.25) is 0 Å². The van der Waals surface area contributed by atoms with Crippen molar-refractivity contribution >= 4 is 0 Å². The molecule has 0 saturated heterocycles. The summed E-state index contributed by atoms with van der Waals surface area (Å²) < 4.78 is 16.6. The number of H-pyrrole nitrogens is 1. The zero-order valence-corrected chi connectivity index (χ0v) is 16.4. The van der Waals surface area contributed by atoms with Crippen molar-refractivity contribution in [2.45, 2.75) is 32.2 Å². The summed E-state index contributed by atoms with van der Waals surface area (Å²) in [5.74, 6) is 3.14. The first-order valence-corrected chi connectivity index (χ1v) is 9.65. The average Bonchev–Trinajstić information content (AvgIpc) is 3.53. The predicted molar refractivity (Wildman–Crippen MR) is 105 cm³/mol. The lowest BCUT2D eigenvalue weighted by molar-refractivity contribution is 0.117. The number of nitrogens with one attached hydrogen (secondary N) is 1. The summed E-state index contributed by atoms with van der Waals surface area (Å²) in [6.45, 7) is 1.07. The van der Waals surface area contributed by atoms with Crippen molar-refractivity contribution in [2.24, 2.45) is 0 Å². The predicted octanol–water partition coefficient (Wildman–Crippen LogP) is 2.85. The Bertz CT molecular complexity index is 1130. The third-order valence-electron chi connectivity index (χ3n) is 5.30. The van der Waals surface area contributed by atoms with Crippen LogP contribution in [-0.2, 0) is 26.1 Å². The Balaban J connectivity index is 1.43. The van der Waals surface area contributed by atoms with E-state index in [-0.39, 0.29) is 12.6 Å². The van der Waals surface area contributed by atoms with Crippen molar-refractivity contribution in [3.63, 3.8) is 0 Å². The van der Waals surface area contributed by atoms with Crippen molar-refractivity contribution in [1.82, 2.24) is 25.0 Å². The average molecular weight is 407 g/mol. The van der Waals surface area contributed by atoms with E-state index in [9.17, 15) is 5.11 Å². The van der Waals surface area contributed by atoms with Crippen molar-refractivity contribution in [3.05, 3.63) is 71.5 Å². The monoisotopic (exact) mass is 407 g/mol. The lowest BCUT2D eigenvalue weighted by atomic mass is 10.0. The number of ether oxygens (including phenoxy) is 1. The third-order valence-corrected chi connectivity index (χ3v) is 5.30. The Morgan fingerprint density at radius 2 is 2.03 bits per heavy atom. The van der Waals surface area contributed by atoms with E-state index >= 15 is 0 Å². The molecule has 30 heavy (non-hydrogen) atoms. The fraction of sp³-hybridized carbons (Fsp3) is 0.286. The highest BCUT2D eigenvalue weighted by atomic mass is 16.5. The Kier molecular flexibility index (Phi) is 4.82. The van der Waals surface area contributed by atoms with E-state index in [1.54, 1.807) is 19.5 Å². The quantitative estimate of drug-likeness (QED) is 0.502. The number of imidazole rings is 1. The molecule has 0 spiro atoms. The maximum absolute atomic E-state index is 9.27. The first-order chi connectivity index (χ1) is 14.7. The number of hydrogen-bond donors (Lipinski definition) is 2. The number of furan rings is 1. The van der Waals surface area contributed by atoms with E-state index in [0.29, 0.717) is 37.0 Å². The summed E-state index contributed by atoms with van der Waals surface area (Å²) in [5, 5.41) is 13.5. The minimum absolute atomic E-state index is 0.122. The number of benzene rings is 1. The molecule has 1 aromatic carbocycles. The second kappa shape index (κ2) is 7.77. The van der Waals surface area contributed by atoms with Crippen molar-refractivity contribution in [3.8, 4) is 17.1 Å². The molecule has 1 aliphatic rings. The Morgan fingerprint density at radius 3 is 2.80 bits per heavy atom. The second-order valence-corrected chi connectivity index (χ2v) is 7.16. The minimum atomic E-state index is -0.136. The van der Waals surface area contributed by atoms with Crippen LogP contribution in [0.25, 0.3) is 11.4 Å². The molecular formula is C21H21N5O4. The normalized spacial score (nSPS) is 16.5. The molecule has 9 nitrogen and oxygen atoms in total.